The molecule has 2 amide bonds. The van der Waals surface area contributed by atoms with Crippen LogP contribution in [-0.2, 0) is 17.5 Å². The highest BCUT2D eigenvalue weighted by atomic mass is 19.4. The van der Waals surface area contributed by atoms with E-state index in [-0.39, 0.29) is 5.91 Å². The van der Waals surface area contributed by atoms with Gasteiger partial charge in [0.05, 0.1) is 12.6 Å². The zero-order valence-corrected chi connectivity index (χ0v) is 14.9. The Kier molecular flexibility index (Phi) is 6.22. The zero-order chi connectivity index (χ0) is 20.2. The molecule has 144 valence electrons. The number of carbonyl (C=O) groups excluding carboxylic acids is 2. The van der Waals surface area contributed by atoms with Crippen LogP contribution in [0.15, 0.2) is 48.5 Å². The van der Waals surface area contributed by atoms with Crippen LogP contribution in [0.3, 0.4) is 0 Å². The Balaban J connectivity index is 1.96. The minimum Gasteiger partial charge on any atom is -0.366 e. The average Bonchev–Trinajstić information content (AvgIpc) is 2.61. The molecule has 0 aliphatic heterocycles. The van der Waals surface area contributed by atoms with Gasteiger partial charge >= 0.3 is 6.18 Å². The summed E-state index contributed by atoms with van der Waals surface area (Å²) in [5.74, 6) is -0.798. The molecule has 4 N–H and O–H groups in total. The minimum atomic E-state index is -4.37. The number of hydrogen-bond donors (Lipinski definition) is 3. The third kappa shape index (κ3) is 5.55. The second-order valence-electron chi connectivity index (χ2n) is 6.37. The standard InChI is InChI=1S/C19H20F3N3O2/c1-12(18(27)24-16-9-5-14(6-10-16)17(23)26)25(2)11-13-3-7-15(8-4-13)19(20,21)22/h3-10,12H,11H2,1-2H3,(H2,23,26)(H,24,27)/p+1/t12-/m0/s1. The predicted molar refractivity (Wildman–Crippen MR) is 95.1 cm³/mol. The molecule has 27 heavy (non-hydrogen) atoms. The van der Waals surface area contributed by atoms with Crippen molar-refractivity contribution in [3.63, 3.8) is 0 Å². The average molecular weight is 380 g/mol. The quantitative estimate of drug-likeness (QED) is 0.715. The summed E-state index contributed by atoms with van der Waals surface area (Å²) in [6, 6.07) is 10.7. The van der Waals surface area contributed by atoms with E-state index in [2.05, 4.69) is 5.32 Å². The van der Waals surface area contributed by atoms with Crippen LogP contribution in [0.2, 0.25) is 0 Å². The highest BCUT2D eigenvalue weighted by Gasteiger charge is 2.30. The number of hydrogen-bond acceptors (Lipinski definition) is 2. The largest absolute Gasteiger partial charge is 0.416 e. The van der Waals surface area contributed by atoms with E-state index >= 15 is 0 Å². The van der Waals surface area contributed by atoms with Gasteiger partial charge in [-0.05, 0) is 43.3 Å². The number of rotatable bonds is 6. The predicted octanol–water partition coefficient (Wildman–Crippen LogP) is 1.85. The van der Waals surface area contributed by atoms with Crippen molar-refractivity contribution in [3.8, 4) is 0 Å². The molecule has 2 aromatic carbocycles. The molecule has 0 aliphatic carbocycles. The molecule has 2 rings (SSSR count). The van der Waals surface area contributed by atoms with Gasteiger partial charge in [0, 0.05) is 16.8 Å². The molecule has 8 heteroatoms. The lowest BCUT2D eigenvalue weighted by Crippen LogP contribution is -3.12. The summed E-state index contributed by atoms with van der Waals surface area (Å²) in [5, 5.41) is 2.74. The van der Waals surface area contributed by atoms with Crippen LogP contribution in [0.25, 0.3) is 0 Å². The van der Waals surface area contributed by atoms with E-state index in [0.29, 0.717) is 23.4 Å². The van der Waals surface area contributed by atoms with Crippen molar-refractivity contribution in [3.05, 3.63) is 65.2 Å². The van der Waals surface area contributed by atoms with Crippen LogP contribution in [0.1, 0.15) is 28.4 Å². The van der Waals surface area contributed by atoms with Gasteiger partial charge in [0.25, 0.3) is 5.91 Å². The van der Waals surface area contributed by atoms with E-state index in [0.717, 1.165) is 17.0 Å². The Labute approximate surface area is 155 Å². The summed E-state index contributed by atoms with van der Waals surface area (Å²) in [5.41, 5.74) is 6.03. The number of nitrogens with two attached hydrogens (primary N) is 1. The molecule has 0 aromatic heterocycles. The third-order valence-corrected chi connectivity index (χ3v) is 4.33. The lowest BCUT2D eigenvalue weighted by Gasteiger charge is -2.21. The Morgan fingerprint density at radius 2 is 1.63 bits per heavy atom. The molecule has 2 aromatic rings. The van der Waals surface area contributed by atoms with Gasteiger partial charge in [-0.15, -0.1) is 0 Å². The molecule has 0 saturated heterocycles. The van der Waals surface area contributed by atoms with Crippen LogP contribution in [0, 0.1) is 0 Å². The van der Waals surface area contributed by atoms with E-state index in [4.69, 9.17) is 5.73 Å². The molecular weight excluding hydrogens is 359 g/mol. The van der Waals surface area contributed by atoms with Crippen molar-refractivity contribution < 1.29 is 27.7 Å². The van der Waals surface area contributed by atoms with Gasteiger partial charge < -0.3 is 16.0 Å². The van der Waals surface area contributed by atoms with Gasteiger partial charge in [-0.3, -0.25) is 9.59 Å². The first-order chi connectivity index (χ1) is 12.6. The first kappa shape index (κ1) is 20.4. The van der Waals surface area contributed by atoms with Crippen LogP contribution in [-0.4, -0.2) is 24.9 Å². The van der Waals surface area contributed by atoms with Gasteiger partial charge in [0.1, 0.15) is 6.54 Å². The molecule has 0 heterocycles. The summed E-state index contributed by atoms with van der Waals surface area (Å²) >= 11 is 0. The van der Waals surface area contributed by atoms with Crippen LogP contribution < -0.4 is 16.0 Å². The Morgan fingerprint density at radius 3 is 2.11 bits per heavy atom. The molecule has 0 aliphatic rings. The molecule has 2 atom stereocenters. The van der Waals surface area contributed by atoms with Crippen molar-refractivity contribution in [2.45, 2.75) is 25.7 Å². The van der Waals surface area contributed by atoms with E-state index < -0.39 is 23.7 Å². The fourth-order valence-electron chi connectivity index (χ4n) is 2.48. The summed E-state index contributed by atoms with van der Waals surface area (Å²) in [6.45, 7) is 2.12. The van der Waals surface area contributed by atoms with Gasteiger partial charge in [-0.1, -0.05) is 12.1 Å². The molecule has 0 spiro atoms. The molecule has 0 saturated carbocycles. The van der Waals surface area contributed by atoms with E-state index in [1.165, 1.54) is 24.3 Å². The molecular formula is C19H21F3N3O2+. The van der Waals surface area contributed by atoms with Crippen molar-refractivity contribution >= 4 is 17.5 Å². The fourth-order valence-corrected chi connectivity index (χ4v) is 2.48. The van der Waals surface area contributed by atoms with Crippen molar-refractivity contribution in [1.29, 1.82) is 0 Å². The first-order valence-electron chi connectivity index (χ1n) is 8.27. The number of quaternary nitrogens is 1. The first-order valence-corrected chi connectivity index (χ1v) is 8.27. The number of anilines is 1. The lowest BCUT2D eigenvalue weighted by atomic mass is 10.1. The molecule has 0 bridgehead atoms. The Morgan fingerprint density at radius 1 is 1.07 bits per heavy atom. The van der Waals surface area contributed by atoms with Gasteiger partial charge in [-0.25, -0.2) is 0 Å². The van der Waals surface area contributed by atoms with Crippen LogP contribution in [0.5, 0.6) is 0 Å². The summed E-state index contributed by atoms with van der Waals surface area (Å²) in [4.78, 5) is 24.2. The Hall–Kier alpha value is -2.87. The Bertz CT molecular complexity index is 802. The summed E-state index contributed by atoms with van der Waals surface area (Å²) in [6.07, 6.45) is -4.37. The number of benzene rings is 2. The number of alkyl halides is 3. The van der Waals surface area contributed by atoms with Crippen molar-refractivity contribution in [2.24, 2.45) is 5.73 Å². The van der Waals surface area contributed by atoms with E-state index in [1.54, 1.807) is 26.1 Å². The van der Waals surface area contributed by atoms with Gasteiger partial charge in [0.2, 0.25) is 5.91 Å². The fraction of sp³-hybridized carbons (Fsp3) is 0.263. The number of likely N-dealkylation sites (N-methyl/N-ethyl adjacent to an activating group) is 1. The number of nitrogens with one attached hydrogen (secondary N) is 2. The van der Waals surface area contributed by atoms with Gasteiger partial charge in [-0.2, -0.15) is 13.2 Å². The minimum absolute atomic E-state index is 0.244. The number of amides is 2. The van der Waals surface area contributed by atoms with Crippen LogP contribution >= 0.6 is 0 Å². The number of halogens is 3. The normalized spacial score (nSPS) is 13.7. The maximum absolute atomic E-state index is 12.6. The highest BCUT2D eigenvalue weighted by molar-refractivity contribution is 5.95. The van der Waals surface area contributed by atoms with E-state index in [9.17, 15) is 22.8 Å². The van der Waals surface area contributed by atoms with Crippen LogP contribution in [0.4, 0.5) is 18.9 Å². The third-order valence-electron chi connectivity index (χ3n) is 4.33. The maximum Gasteiger partial charge on any atom is 0.416 e. The molecule has 0 radical (unpaired) electrons. The van der Waals surface area contributed by atoms with Crippen molar-refractivity contribution in [2.75, 3.05) is 12.4 Å². The molecule has 0 fully saturated rings. The molecule has 1 unspecified atom stereocenters. The highest BCUT2D eigenvalue weighted by Crippen LogP contribution is 2.28. The van der Waals surface area contributed by atoms with Gasteiger partial charge in [0.15, 0.2) is 6.04 Å². The second kappa shape index (κ2) is 8.22. The monoisotopic (exact) mass is 380 g/mol. The summed E-state index contributed by atoms with van der Waals surface area (Å²) < 4.78 is 37.8. The topological polar surface area (TPSA) is 76.6 Å². The molecule has 5 nitrogen and oxygen atoms in total. The number of primary amides is 1. The smallest absolute Gasteiger partial charge is 0.366 e. The zero-order valence-electron chi connectivity index (χ0n) is 14.9. The van der Waals surface area contributed by atoms with E-state index in [1.807, 2.05) is 0 Å². The lowest BCUT2D eigenvalue weighted by molar-refractivity contribution is -0.907. The number of carbonyl (C=O) groups is 2. The summed E-state index contributed by atoms with van der Waals surface area (Å²) in [7, 11) is 1.79. The maximum atomic E-state index is 12.6. The second-order valence-corrected chi connectivity index (χ2v) is 6.37. The SMILES string of the molecule is C[C@@H](C(=O)Nc1ccc(C(N)=O)cc1)[NH+](C)Cc1ccc(C(F)(F)F)cc1. The van der Waals surface area contributed by atoms with Crippen molar-refractivity contribution in [1.82, 2.24) is 0 Å².